The van der Waals surface area contributed by atoms with Gasteiger partial charge in [-0.05, 0) is 31.0 Å². The maximum Gasteiger partial charge on any atom is 0.108 e. The van der Waals surface area contributed by atoms with Crippen molar-refractivity contribution >= 4 is 0 Å². The van der Waals surface area contributed by atoms with Gasteiger partial charge in [0.05, 0.1) is 12.7 Å². The van der Waals surface area contributed by atoms with Crippen LogP contribution in [0.3, 0.4) is 0 Å². The molecule has 24 heavy (non-hydrogen) atoms. The Morgan fingerprint density at radius 3 is 2.33 bits per heavy atom. The normalized spacial score (nSPS) is 13.6. The number of nitrogens with one attached hydrogen (secondary N) is 1. The van der Waals surface area contributed by atoms with E-state index in [1.165, 1.54) is 5.56 Å². The highest BCUT2D eigenvalue weighted by molar-refractivity contribution is 5.31. The van der Waals surface area contributed by atoms with Crippen molar-refractivity contribution in [3.8, 4) is 0 Å². The van der Waals surface area contributed by atoms with E-state index >= 15 is 0 Å². The number of benzene rings is 2. The van der Waals surface area contributed by atoms with Crippen LogP contribution in [0.15, 0.2) is 54.6 Å². The maximum atomic E-state index is 10.1. The molecule has 2 N–H and O–H groups in total. The van der Waals surface area contributed by atoms with E-state index in [4.69, 9.17) is 4.74 Å². The van der Waals surface area contributed by atoms with Gasteiger partial charge >= 0.3 is 0 Å². The number of unbranched alkanes of at least 4 members (excludes halogenated alkanes) is 1. The molecule has 0 aromatic heterocycles. The van der Waals surface area contributed by atoms with Gasteiger partial charge in [0.2, 0.25) is 0 Å². The van der Waals surface area contributed by atoms with Crippen molar-refractivity contribution in [1.29, 1.82) is 0 Å². The Bertz CT molecular complexity index is 568. The van der Waals surface area contributed by atoms with Crippen LogP contribution < -0.4 is 5.32 Å². The van der Waals surface area contributed by atoms with E-state index in [-0.39, 0.29) is 6.10 Å². The topological polar surface area (TPSA) is 41.5 Å². The van der Waals surface area contributed by atoms with Gasteiger partial charge in [0.1, 0.15) is 6.10 Å². The fourth-order valence-corrected chi connectivity index (χ4v) is 2.59. The molecule has 0 aliphatic rings. The Morgan fingerprint density at radius 1 is 1.00 bits per heavy atom. The number of rotatable bonds is 10. The van der Waals surface area contributed by atoms with E-state index in [9.17, 15) is 5.11 Å². The average molecular weight is 327 g/mol. The van der Waals surface area contributed by atoms with E-state index < -0.39 is 6.10 Å². The second kappa shape index (κ2) is 10.2. The molecule has 0 aliphatic heterocycles. The highest BCUT2D eigenvalue weighted by atomic mass is 16.5. The van der Waals surface area contributed by atoms with E-state index in [0.29, 0.717) is 13.2 Å². The van der Waals surface area contributed by atoms with Gasteiger partial charge < -0.3 is 15.2 Å². The van der Waals surface area contributed by atoms with Crippen LogP contribution in [0.25, 0.3) is 0 Å². The second-order valence-electron chi connectivity index (χ2n) is 6.25. The van der Waals surface area contributed by atoms with Gasteiger partial charge in [0.25, 0.3) is 0 Å². The standard InChI is InChI=1S/C21H29NO2/c1-3-4-14-22-15-20(23)16-24-21(18-8-6-5-7-9-18)19-12-10-17(2)11-13-19/h5-13,20-23H,3-4,14-16H2,1-2H3/t20-,21+/m0/s1. The summed E-state index contributed by atoms with van der Waals surface area (Å²) in [5, 5.41) is 13.4. The molecule has 0 aliphatic carbocycles. The number of hydrogen-bond donors (Lipinski definition) is 2. The van der Waals surface area contributed by atoms with Gasteiger partial charge in [-0.3, -0.25) is 0 Å². The molecule has 0 fully saturated rings. The van der Waals surface area contributed by atoms with Crippen LogP contribution in [0.2, 0.25) is 0 Å². The first-order valence-corrected chi connectivity index (χ1v) is 8.82. The summed E-state index contributed by atoms with van der Waals surface area (Å²) in [4.78, 5) is 0. The zero-order chi connectivity index (χ0) is 17.2. The van der Waals surface area contributed by atoms with Crippen molar-refractivity contribution in [3.05, 3.63) is 71.3 Å². The molecular formula is C21H29NO2. The van der Waals surface area contributed by atoms with Crippen molar-refractivity contribution in [2.24, 2.45) is 0 Å². The Morgan fingerprint density at radius 2 is 1.67 bits per heavy atom. The van der Waals surface area contributed by atoms with Crippen LogP contribution in [0, 0.1) is 6.92 Å². The molecule has 0 saturated carbocycles. The summed E-state index contributed by atoms with van der Waals surface area (Å²) < 4.78 is 6.08. The summed E-state index contributed by atoms with van der Waals surface area (Å²) in [6.07, 6.45) is 1.63. The molecule has 2 atom stereocenters. The van der Waals surface area contributed by atoms with Crippen molar-refractivity contribution in [1.82, 2.24) is 5.32 Å². The zero-order valence-electron chi connectivity index (χ0n) is 14.7. The second-order valence-corrected chi connectivity index (χ2v) is 6.25. The monoisotopic (exact) mass is 327 g/mol. The van der Waals surface area contributed by atoms with Gasteiger partial charge in [-0.1, -0.05) is 73.5 Å². The number of aliphatic hydroxyl groups excluding tert-OH is 1. The highest BCUT2D eigenvalue weighted by Gasteiger charge is 2.16. The quantitative estimate of drug-likeness (QED) is 0.651. The molecule has 130 valence electrons. The summed E-state index contributed by atoms with van der Waals surface area (Å²) in [7, 11) is 0. The lowest BCUT2D eigenvalue weighted by Crippen LogP contribution is -2.31. The predicted molar refractivity (Wildman–Crippen MR) is 99.2 cm³/mol. The summed E-state index contributed by atoms with van der Waals surface area (Å²) in [6, 6.07) is 18.5. The lowest BCUT2D eigenvalue weighted by atomic mass is 10.0. The van der Waals surface area contributed by atoms with Crippen molar-refractivity contribution in [2.75, 3.05) is 19.7 Å². The predicted octanol–water partition coefficient (Wildman–Crippen LogP) is 3.85. The average Bonchev–Trinajstić information content (AvgIpc) is 2.61. The van der Waals surface area contributed by atoms with E-state index in [1.54, 1.807) is 0 Å². The summed E-state index contributed by atoms with van der Waals surface area (Å²) in [6.45, 7) is 6.05. The minimum atomic E-state index is -0.501. The minimum Gasteiger partial charge on any atom is -0.389 e. The lowest BCUT2D eigenvalue weighted by Gasteiger charge is -2.21. The van der Waals surface area contributed by atoms with Crippen molar-refractivity contribution in [2.45, 2.75) is 38.9 Å². The Hall–Kier alpha value is -1.68. The highest BCUT2D eigenvalue weighted by Crippen LogP contribution is 2.26. The molecule has 0 heterocycles. The van der Waals surface area contributed by atoms with Crippen LogP contribution in [-0.4, -0.2) is 30.9 Å². The fraction of sp³-hybridized carbons (Fsp3) is 0.429. The summed E-state index contributed by atoms with van der Waals surface area (Å²) >= 11 is 0. The molecule has 0 bridgehead atoms. The molecule has 2 rings (SSSR count). The third kappa shape index (κ3) is 6.08. The van der Waals surface area contributed by atoms with Crippen LogP contribution in [-0.2, 0) is 4.74 Å². The third-order valence-corrected chi connectivity index (χ3v) is 4.02. The zero-order valence-corrected chi connectivity index (χ0v) is 14.7. The third-order valence-electron chi connectivity index (χ3n) is 4.02. The molecule has 2 aromatic rings. The van der Waals surface area contributed by atoms with Crippen LogP contribution in [0.4, 0.5) is 0 Å². The van der Waals surface area contributed by atoms with Gasteiger partial charge in [0, 0.05) is 6.54 Å². The van der Waals surface area contributed by atoms with Gasteiger partial charge in [0.15, 0.2) is 0 Å². The Kier molecular flexibility index (Phi) is 7.96. The SMILES string of the molecule is CCCCNC[C@H](O)CO[C@H](c1ccccc1)c1ccc(C)cc1. The van der Waals surface area contributed by atoms with E-state index in [0.717, 1.165) is 30.5 Å². The fourth-order valence-electron chi connectivity index (χ4n) is 2.59. The lowest BCUT2D eigenvalue weighted by molar-refractivity contribution is 0.00665. The summed E-state index contributed by atoms with van der Waals surface area (Å²) in [5.41, 5.74) is 3.44. The minimum absolute atomic E-state index is 0.155. The molecule has 0 amide bonds. The smallest absolute Gasteiger partial charge is 0.108 e. The molecule has 0 saturated heterocycles. The summed E-state index contributed by atoms with van der Waals surface area (Å²) in [5.74, 6) is 0. The molecule has 2 aromatic carbocycles. The van der Waals surface area contributed by atoms with Gasteiger partial charge in [-0.25, -0.2) is 0 Å². The Balaban J connectivity index is 1.98. The van der Waals surface area contributed by atoms with Crippen LogP contribution in [0.1, 0.15) is 42.6 Å². The largest absolute Gasteiger partial charge is 0.389 e. The number of aliphatic hydroxyl groups is 1. The first kappa shape index (κ1) is 18.7. The van der Waals surface area contributed by atoms with Gasteiger partial charge in [-0.15, -0.1) is 0 Å². The van der Waals surface area contributed by atoms with Gasteiger partial charge in [-0.2, -0.15) is 0 Å². The first-order valence-electron chi connectivity index (χ1n) is 8.82. The first-order chi connectivity index (χ1) is 11.7. The van der Waals surface area contributed by atoms with E-state index in [1.807, 2.05) is 18.2 Å². The molecular weight excluding hydrogens is 298 g/mol. The molecule has 0 radical (unpaired) electrons. The maximum absolute atomic E-state index is 10.1. The number of aryl methyl sites for hydroxylation is 1. The van der Waals surface area contributed by atoms with Crippen LogP contribution in [0.5, 0.6) is 0 Å². The molecule has 0 unspecified atom stereocenters. The molecule has 0 spiro atoms. The van der Waals surface area contributed by atoms with Crippen LogP contribution >= 0.6 is 0 Å². The number of ether oxygens (including phenoxy) is 1. The molecule has 3 nitrogen and oxygen atoms in total. The number of hydrogen-bond acceptors (Lipinski definition) is 3. The van der Waals surface area contributed by atoms with Crippen molar-refractivity contribution < 1.29 is 9.84 Å². The van der Waals surface area contributed by atoms with Crippen molar-refractivity contribution in [3.63, 3.8) is 0 Å². The van der Waals surface area contributed by atoms with E-state index in [2.05, 4.69) is 55.6 Å². The molecule has 3 heteroatoms. The Labute approximate surface area is 145 Å².